The smallest absolute Gasteiger partial charge is 0.313 e. The lowest BCUT2D eigenvalue weighted by Gasteiger charge is -2.35. The Bertz CT molecular complexity index is 1160. The molecule has 0 atom stereocenters. The molecule has 1 saturated heterocycles. The van der Waals surface area contributed by atoms with Crippen molar-refractivity contribution in [1.82, 2.24) is 9.88 Å². The Morgan fingerprint density at radius 3 is 1.89 bits per heavy atom. The molecule has 0 aliphatic carbocycles. The van der Waals surface area contributed by atoms with E-state index in [-0.39, 0.29) is 17.4 Å². The van der Waals surface area contributed by atoms with Crippen molar-refractivity contribution in [1.29, 1.82) is 0 Å². The number of thioether (sulfide) groups is 2. The molecule has 2 N–H and O–H groups in total. The molecule has 36 heavy (non-hydrogen) atoms. The molecular formula is C25H25Br2N3O4S2. The number of carbonyl (C=O) groups excluding carboxylic acids is 1. The molecule has 1 fully saturated rings. The van der Waals surface area contributed by atoms with Gasteiger partial charge in [-0.3, -0.25) is 9.59 Å². The van der Waals surface area contributed by atoms with Gasteiger partial charge in [0.15, 0.2) is 0 Å². The van der Waals surface area contributed by atoms with Gasteiger partial charge in [-0.05, 0) is 68.3 Å². The van der Waals surface area contributed by atoms with Crippen molar-refractivity contribution in [2.45, 2.75) is 9.79 Å². The van der Waals surface area contributed by atoms with Gasteiger partial charge in [-0.1, -0.05) is 24.3 Å². The van der Waals surface area contributed by atoms with Crippen LogP contribution in [0.25, 0.3) is 0 Å². The Hall–Kier alpha value is -2.21. The van der Waals surface area contributed by atoms with E-state index >= 15 is 0 Å². The number of carbonyl (C=O) groups is 2. The maximum atomic E-state index is 12.4. The Balaban J connectivity index is 0.000000253. The number of carboxylic acid groups (broad SMARTS) is 1. The number of amides is 1. The fraction of sp³-hybridized carbons (Fsp3) is 0.240. The van der Waals surface area contributed by atoms with Gasteiger partial charge >= 0.3 is 5.97 Å². The molecule has 4 rings (SSSR count). The fourth-order valence-corrected chi connectivity index (χ4v) is 6.00. The molecule has 2 heterocycles. The van der Waals surface area contributed by atoms with Gasteiger partial charge in [0.2, 0.25) is 5.91 Å². The summed E-state index contributed by atoms with van der Waals surface area (Å²) in [6.07, 6.45) is 1.45. The van der Waals surface area contributed by atoms with Crippen LogP contribution in [0.5, 0.6) is 5.75 Å². The Kier molecular flexibility index (Phi) is 11.4. The molecule has 1 amide bonds. The molecule has 0 spiro atoms. The lowest BCUT2D eigenvalue weighted by molar-refractivity contribution is -0.134. The molecule has 0 radical (unpaired) electrons. The van der Waals surface area contributed by atoms with Crippen molar-refractivity contribution in [2.75, 3.05) is 42.6 Å². The monoisotopic (exact) mass is 653 g/mol. The summed E-state index contributed by atoms with van der Waals surface area (Å²) in [5.74, 6) is 0.909. The average molecular weight is 655 g/mol. The molecule has 1 aliphatic rings. The zero-order chi connectivity index (χ0) is 25.9. The van der Waals surface area contributed by atoms with Crippen LogP contribution in [0.3, 0.4) is 0 Å². The summed E-state index contributed by atoms with van der Waals surface area (Å²) in [4.78, 5) is 32.9. The molecule has 1 aliphatic heterocycles. The van der Waals surface area contributed by atoms with E-state index < -0.39 is 5.97 Å². The minimum absolute atomic E-state index is 0.0998. The van der Waals surface area contributed by atoms with Crippen LogP contribution >= 0.6 is 55.4 Å². The quantitative estimate of drug-likeness (QED) is 0.317. The van der Waals surface area contributed by atoms with E-state index in [0.29, 0.717) is 18.8 Å². The van der Waals surface area contributed by atoms with Crippen LogP contribution < -0.4 is 4.90 Å². The molecule has 7 nitrogen and oxygen atoms in total. The van der Waals surface area contributed by atoms with E-state index in [1.165, 1.54) is 18.0 Å². The third-order valence-electron chi connectivity index (χ3n) is 5.06. The molecule has 0 unspecified atom stereocenters. The maximum absolute atomic E-state index is 12.4. The van der Waals surface area contributed by atoms with E-state index in [1.807, 2.05) is 53.4 Å². The normalized spacial score (nSPS) is 13.1. The van der Waals surface area contributed by atoms with Crippen molar-refractivity contribution in [3.05, 3.63) is 75.8 Å². The van der Waals surface area contributed by atoms with Gasteiger partial charge in [-0.15, -0.1) is 23.5 Å². The van der Waals surface area contributed by atoms with Crippen LogP contribution in [0.4, 0.5) is 5.82 Å². The standard InChI is InChI=1S/C17H18BrN3O2S.C8H7BrO2S/c18-14-3-1-2-4-15(14)24-12-17(23)21-9-7-20(8-10-21)16-6-5-13(22)11-19-16;9-6-3-1-2-4-7(6)12-5-8(10)11/h1-6,11,22H,7-10,12H2;1-4H,5H2,(H,10,11). The number of halogens is 2. The van der Waals surface area contributed by atoms with Gasteiger partial charge in [0, 0.05) is 44.9 Å². The van der Waals surface area contributed by atoms with Crippen LogP contribution in [0.2, 0.25) is 0 Å². The Labute approximate surface area is 235 Å². The number of hydrogen-bond donors (Lipinski definition) is 2. The number of hydrogen-bond acceptors (Lipinski definition) is 7. The number of rotatable bonds is 7. The van der Waals surface area contributed by atoms with Crippen LogP contribution in [0.1, 0.15) is 0 Å². The number of aromatic nitrogens is 1. The zero-order valence-electron chi connectivity index (χ0n) is 19.2. The second-order valence-corrected chi connectivity index (χ2v) is 11.3. The highest BCUT2D eigenvalue weighted by atomic mass is 79.9. The third-order valence-corrected chi connectivity index (χ3v) is 9.09. The van der Waals surface area contributed by atoms with E-state index in [1.54, 1.807) is 23.9 Å². The number of benzene rings is 2. The van der Waals surface area contributed by atoms with E-state index in [0.717, 1.165) is 37.6 Å². The van der Waals surface area contributed by atoms with E-state index in [2.05, 4.69) is 41.7 Å². The van der Waals surface area contributed by atoms with Crippen molar-refractivity contribution >= 4 is 73.1 Å². The van der Waals surface area contributed by atoms with Crippen LogP contribution in [0, 0.1) is 0 Å². The van der Waals surface area contributed by atoms with E-state index in [9.17, 15) is 14.7 Å². The number of piperazine rings is 1. The van der Waals surface area contributed by atoms with Crippen molar-refractivity contribution < 1.29 is 19.8 Å². The summed E-state index contributed by atoms with van der Waals surface area (Å²) in [5.41, 5.74) is 0. The first-order valence-electron chi connectivity index (χ1n) is 11.0. The third kappa shape index (κ3) is 9.02. The Morgan fingerprint density at radius 1 is 0.833 bits per heavy atom. The predicted molar refractivity (Wildman–Crippen MR) is 152 cm³/mol. The number of nitrogens with zero attached hydrogens (tertiary/aromatic N) is 3. The van der Waals surface area contributed by atoms with Crippen molar-refractivity contribution in [2.24, 2.45) is 0 Å². The van der Waals surface area contributed by atoms with Crippen molar-refractivity contribution in [3.8, 4) is 5.75 Å². The Morgan fingerprint density at radius 2 is 1.39 bits per heavy atom. The average Bonchev–Trinajstić information content (AvgIpc) is 2.88. The highest BCUT2D eigenvalue weighted by molar-refractivity contribution is 9.10. The topological polar surface area (TPSA) is 94.0 Å². The number of aliphatic carboxylic acids is 1. The largest absolute Gasteiger partial charge is 0.506 e. The second kappa shape index (κ2) is 14.5. The second-order valence-electron chi connectivity index (χ2n) is 7.57. The van der Waals surface area contributed by atoms with Gasteiger partial charge < -0.3 is 20.0 Å². The van der Waals surface area contributed by atoms with Crippen LogP contribution in [-0.2, 0) is 9.59 Å². The maximum Gasteiger partial charge on any atom is 0.313 e. The molecule has 3 aromatic rings. The molecule has 0 saturated carbocycles. The van der Waals surface area contributed by atoms with E-state index in [4.69, 9.17) is 5.11 Å². The minimum Gasteiger partial charge on any atom is -0.506 e. The lowest BCUT2D eigenvalue weighted by atomic mass is 10.3. The summed E-state index contributed by atoms with van der Waals surface area (Å²) in [6, 6.07) is 18.9. The number of pyridine rings is 1. The number of anilines is 1. The number of aromatic hydroxyl groups is 1. The first-order valence-corrected chi connectivity index (χ1v) is 14.5. The first-order chi connectivity index (χ1) is 17.3. The molecule has 11 heteroatoms. The summed E-state index contributed by atoms with van der Waals surface area (Å²) in [7, 11) is 0. The fourth-order valence-electron chi connectivity index (χ4n) is 3.24. The summed E-state index contributed by atoms with van der Waals surface area (Å²) < 4.78 is 1.96. The van der Waals surface area contributed by atoms with Gasteiger partial charge in [0.05, 0.1) is 17.7 Å². The number of carboxylic acids is 1. The van der Waals surface area contributed by atoms with Gasteiger partial charge in [0.1, 0.15) is 11.6 Å². The van der Waals surface area contributed by atoms with Gasteiger partial charge in [-0.25, -0.2) is 4.98 Å². The minimum atomic E-state index is -0.796. The van der Waals surface area contributed by atoms with Crippen LogP contribution in [-0.4, -0.2) is 69.7 Å². The highest BCUT2D eigenvalue weighted by Gasteiger charge is 2.22. The zero-order valence-corrected chi connectivity index (χ0v) is 24.0. The molecule has 190 valence electrons. The lowest BCUT2D eigenvalue weighted by Crippen LogP contribution is -2.49. The molecular weight excluding hydrogens is 630 g/mol. The summed E-state index contributed by atoms with van der Waals surface area (Å²) in [5, 5.41) is 17.7. The van der Waals surface area contributed by atoms with Gasteiger partial charge in [0.25, 0.3) is 0 Å². The highest BCUT2D eigenvalue weighted by Crippen LogP contribution is 2.28. The molecule has 1 aromatic heterocycles. The van der Waals surface area contributed by atoms with Crippen LogP contribution in [0.15, 0.2) is 85.6 Å². The van der Waals surface area contributed by atoms with Crippen molar-refractivity contribution in [3.63, 3.8) is 0 Å². The SMILES string of the molecule is O=C(CSc1ccccc1Br)N1CCN(c2ccc(O)cn2)CC1.O=C(O)CSc1ccccc1Br. The summed E-state index contributed by atoms with van der Waals surface area (Å²) in [6.45, 7) is 2.89. The molecule has 0 bridgehead atoms. The predicted octanol–water partition coefficient (Wildman–Crippen LogP) is 5.62. The summed E-state index contributed by atoms with van der Waals surface area (Å²) >= 11 is 9.70. The first kappa shape index (κ1) is 28.4. The van der Waals surface area contributed by atoms with Gasteiger partial charge in [-0.2, -0.15) is 0 Å². The molecule has 2 aromatic carbocycles.